The van der Waals surface area contributed by atoms with Gasteiger partial charge in [-0.1, -0.05) is 40.3 Å². The fourth-order valence-electron chi connectivity index (χ4n) is 5.41. The Morgan fingerprint density at radius 3 is 2.53 bits per heavy atom. The number of benzene rings is 1. The summed E-state index contributed by atoms with van der Waals surface area (Å²) in [5.74, 6) is 0.744. The second kappa shape index (κ2) is 17.2. The average Bonchev–Trinajstić information content (AvgIpc) is 3.66. The van der Waals surface area contributed by atoms with Crippen molar-refractivity contribution >= 4 is 29.5 Å². The van der Waals surface area contributed by atoms with E-state index in [-0.39, 0.29) is 40.6 Å². The molecule has 1 aliphatic heterocycles. The summed E-state index contributed by atoms with van der Waals surface area (Å²) in [6, 6.07) is 5.07. The van der Waals surface area contributed by atoms with Crippen LogP contribution in [0, 0.1) is 23.7 Å². The van der Waals surface area contributed by atoms with Crippen molar-refractivity contribution in [2.45, 2.75) is 72.1 Å². The monoisotopic (exact) mass is 645 g/mol. The first-order valence-corrected chi connectivity index (χ1v) is 15.7. The van der Waals surface area contributed by atoms with Crippen LogP contribution in [0.4, 0.5) is 4.79 Å². The molecule has 1 unspecified atom stereocenters. The quantitative estimate of drug-likeness (QED) is 0.0996. The highest BCUT2D eigenvalue weighted by molar-refractivity contribution is 7.80. The summed E-state index contributed by atoms with van der Waals surface area (Å²) < 4.78 is 36.1. The summed E-state index contributed by atoms with van der Waals surface area (Å²) in [7, 11) is 3.23. The fourth-order valence-corrected chi connectivity index (χ4v) is 5.62. The Morgan fingerprint density at radius 1 is 1.20 bits per heavy atom. The SMILES string of the molecule is C=C(C)OC(=O)N[C@@H](C[C@@H](C(C)C)C(OC(=S)n1ccnc1)c1ccc(OC)c(OCCCOC)c1)[C@@H]1C[C@@H](C(C)C)C(=O)O1. The Morgan fingerprint density at radius 2 is 1.96 bits per heavy atom. The third kappa shape index (κ3) is 10.2. The summed E-state index contributed by atoms with van der Waals surface area (Å²) in [6.45, 7) is 14.4. The molecule has 1 fully saturated rings. The topological polar surface area (TPSA) is 119 Å². The Bertz CT molecular complexity index is 1280. The van der Waals surface area contributed by atoms with Gasteiger partial charge in [-0.25, -0.2) is 9.78 Å². The number of nitrogens with one attached hydrogen (secondary N) is 1. The number of methoxy groups -OCH3 is 2. The van der Waals surface area contributed by atoms with Gasteiger partial charge in [-0.3, -0.25) is 9.36 Å². The van der Waals surface area contributed by atoms with Crippen LogP contribution in [0.5, 0.6) is 11.5 Å². The number of alkyl carbamates (subject to hydrolysis) is 1. The number of hydrogen-bond acceptors (Lipinski definition) is 10. The van der Waals surface area contributed by atoms with Crippen LogP contribution in [0.3, 0.4) is 0 Å². The van der Waals surface area contributed by atoms with Crippen molar-refractivity contribution in [3.63, 3.8) is 0 Å². The van der Waals surface area contributed by atoms with Crippen LogP contribution < -0.4 is 14.8 Å². The van der Waals surface area contributed by atoms with Gasteiger partial charge < -0.3 is 33.7 Å². The van der Waals surface area contributed by atoms with Crippen molar-refractivity contribution in [3.8, 4) is 11.5 Å². The number of nitrogens with zero attached hydrogens (tertiary/aromatic N) is 2. The van der Waals surface area contributed by atoms with Crippen molar-refractivity contribution in [1.29, 1.82) is 0 Å². The van der Waals surface area contributed by atoms with Gasteiger partial charge in [0.05, 0.1) is 31.4 Å². The van der Waals surface area contributed by atoms with Crippen molar-refractivity contribution in [2.75, 3.05) is 27.4 Å². The standard InChI is InChI=1S/C33H47N3O8S/c1-20(2)24(17-26(35-32(38)42-22(5)6)28-18-25(21(3)4)31(37)43-28)30(44-33(45)36-13-12-34-19-36)23-10-11-27(40-8)29(16-23)41-15-9-14-39-7/h10-13,16,19-21,24-26,28,30H,5,9,14-15,17-18H2,1-4,6-8H3,(H,35,38)/t24-,25-,26-,28-,30?/m0/s1. The molecule has 12 heteroatoms. The number of rotatable bonds is 16. The van der Waals surface area contributed by atoms with Gasteiger partial charge in [0.15, 0.2) is 11.5 Å². The largest absolute Gasteiger partial charge is 0.493 e. The van der Waals surface area contributed by atoms with E-state index in [0.717, 1.165) is 5.56 Å². The van der Waals surface area contributed by atoms with E-state index in [1.807, 2.05) is 32.0 Å². The first-order chi connectivity index (χ1) is 21.4. The molecule has 2 heterocycles. The van der Waals surface area contributed by atoms with E-state index in [1.165, 1.54) is 0 Å². The average molecular weight is 646 g/mol. The molecule has 1 saturated heterocycles. The number of imidazole rings is 1. The number of cyclic esters (lactones) is 1. The summed E-state index contributed by atoms with van der Waals surface area (Å²) in [6.07, 6.45) is 4.66. The van der Waals surface area contributed by atoms with Gasteiger partial charge in [-0.15, -0.1) is 0 Å². The number of thiocarbonyl (C=S) groups is 1. The van der Waals surface area contributed by atoms with Crippen LogP contribution in [0.2, 0.25) is 0 Å². The Kier molecular flexibility index (Phi) is 13.7. The molecule has 1 aromatic heterocycles. The number of ether oxygens (including phenoxy) is 6. The molecule has 1 aromatic carbocycles. The highest BCUT2D eigenvalue weighted by atomic mass is 32.1. The van der Waals surface area contributed by atoms with E-state index in [2.05, 4.69) is 30.7 Å². The van der Waals surface area contributed by atoms with Crippen LogP contribution in [-0.2, 0) is 23.7 Å². The predicted molar refractivity (Wildman–Crippen MR) is 173 cm³/mol. The van der Waals surface area contributed by atoms with Crippen LogP contribution in [0.15, 0.2) is 49.3 Å². The molecule has 248 valence electrons. The van der Waals surface area contributed by atoms with Gasteiger partial charge >= 0.3 is 12.1 Å². The minimum absolute atomic E-state index is 0.0354. The van der Waals surface area contributed by atoms with Crippen LogP contribution in [-0.4, -0.2) is 66.4 Å². The van der Waals surface area contributed by atoms with Gasteiger partial charge in [0.1, 0.15) is 18.5 Å². The highest BCUT2D eigenvalue weighted by Gasteiger charge is 2.43. The molecule has 0 bridgehead atoms. The number of amides is 1. The van der Waals surface area contributed by atoms with E-state index < -0.39 is 24.3 Å². The fraction of sp³-hybridized carbons (Fsp3) is 0.576. The second-order valence-corrected chi connectivity index (χ2v) is 12.3. The minimum atomic E-state index is -0.665. The molecule has 0 radical (unpaired) electrons. The summed E-state index contributed by atoms with van der Waals surface area (Å²) in [4.78, 5) is 29.8. The zero-order chi connectivity index (χ0) is 33.1. The molecule has 3 rings (SSSR count). The van der Waals surface area contributed by atoms with Crippen molar-refractivity contribution in [1.82, 2.24) is 14.9 Å². The summed E-state index contributed by atoms with van der Waals surface area (Å²) in [5.41, 5.74) is 0.797. The third-order valence-corrected chi connectivity index (χ3v) is 8.17. The van der Waals surface area contributed by atoms with Gasteiger partial charge in [0.2, 0.25) is 0 Å². The Hall–Kier alpha value is -3.64. The molecule has 5 atom stereocenters. The Labute approximate surface area is 271 Å². The minimum Gasteiger partial charge on any atom is -0.493 e. The molecule has 1 amide bonds. The molecule has 0 aliphatic carbocycles. The van der Waals surface area contributed by atoms with Crippen LogP contribution in [0.25, 0.3) is 0 Å². The number of esters is 1. The predicted octanol–water partition coefficient (Wildman–Crippen LogP) is 6.08. The third-order valence-electron chi connectivity index (χ3n) is 7.86. The number of allylic oxidation sites excluding steroid dienone is 1. The smallest absolute Gasteiger partial charge is 0.412 e. The Balaban J connectivity index is 2.02. The lowest BCUT2D eigenvalue weighted by atomic mass is 9.79. The van der Waals surface area contributed by atoms with Crippen LogP contribution in [0.1, 0.15) is 65.5 Å². The number of aromatic nitrogens is 2. The first kappa shape index (κ1) is 35.8. The van der Waals surface area contributed by atoms with Gasteiger partial charge in [-0.2, -0.15) is 0 Å². The van der Waals surface area contributed by atoms with Gasteiger partial charge in [0, 0.05) is 38.4 Å². The van der Waals surface area contributed by atoms with E-state index in [0.29, 0.717) is 44.0 Å². The van der Waals surface area contributed by atoms with E-state index >= 15 is 0 Å². The molecule has 1 aliphatic rings. The second-order valence-electron chi connectivity index (χ2n) is 11.9. The molecule has 1 N–H and O–H groups in total. The van der Waals surface area contributed by atoms with E-state index in [9.17, 15) is 9.59 Å². The maximum Gasteiger partial charge on any atom is 0.412 e. The molecule has 45 heavy (non-hydrogen) atoms. The zero-order valence-electron chi connectivity index (χ0n) is 27.3. The lowest BCUT2D eigenvalue weighted by Crippen LogP contribution is -2.46. The van der Waals surface area contributed by atoms with Gasteiger partial charge in [0.25, 0.3) is 5.17 Å². The lowest BCUT2D eigenvalue weighted by Gasteiger charge is -2.35. The zero-order valence-corrected chi connectivity index (χ0v) is 28.1. The van der Waals surface area contributed by atoms with Crippen molar-refractivity contribution < 1.29 is 38.0 Å². The molecule has 11 nitrogen and oxygen atoms in total. The maximum atomic E-state index is 12.9. The van der Waals surface area contributed by atoms with E-state index in [4.69, 9.17) is 40.6 Å². The number of hydrogen-bond donors (Lipinski definition) is 1. The van der Waals surface area contributed by atoms with E-state index in [1.54, 1.807) is 44.4 Å². The highest BCUT2D eigenvalue weighted by Crippen LogP contribution is 2.41. The summed E-state index contributed by atoms with van der Waals surface area (Å²) >= 11 is 5.70. The number of carbonyl (C=O) groups is 2. The van der Waals surface area contributed by atoms with Crippen molar-refractivity contribution in [2.24, 2.45) is 23.7 Å². The first-order valence-electron chi connectivity index (χ1n) is 15.3. The molecule has 0 spiro atoms. The van der Waals surface area contributed by atoms with Crippen LogP contribution >= 0.6 is 12.2 Å². The molecule has 0 saturated carbocycles. The maximum absolute atomic E-state index is 12.9. The summed E-state index contributed by atoms with van der Waals surface area (Å²) in [5, 5.41) is 3.16. The molecule has 2 aromatic rings. The normalized spacial score (nSPS) is 18.2. The lowest BCUT2D eigenvalue weighted by molar-refractivity contribution is -0.146. The van der Waals surface area contributed by atoms with Crippen molar-refractivity contribution in [3.05, 3.63) is 54.8 Å². The number of carbonyl (C=O) groups excluding carboxylic acids is 2. The van der Waals surface area contributed by atoms with Gasteiger partial charge in [-0.05, 0) is 61.5 Å². The molecular formula is C33H47N3O8S. The molecular weight excluding hydrogens is 598 g/mol.